The Kier molecular flexibility index (Phi) is 4.06. The summed E-state index contributed by atoms with van der Waals surface area (Å²) in [5.41, 5.74) is 1.33. The second kappa shape index (κ2) is 5.56. The van der Waals surface area contributed by atoms with Crippen molar-refractivity contribution < 1.29 is 8.78 Å². The zero-order valence-electron chi connectivity index (χ0n) is 9.78. The highest BCUT2D eigenvalue weighted by Gasteiger charge is 2.10. The van der Waals surface area contributed by atoms with Crippen molar-refractivity contribution in [2.45, 2.75) is 24.7 Å². The molecule has 2 rings (SSSR count). The van der Waals surface area contributed by atoms with E-state index in [-0.39, 0.29) is 4.83 Å². The summed E-state index contributed by atoms with van der Waals surface area (Å²) < 4.78 is 27.6. The Morgan fingerprint density at radius 1 is 1.28 bits per heavy atom. The van der Waals surface area contributed by atoms with Crippen LogP contribution in [-0.4, -0.2) is 15.0 Å². The van der Waals surface area contributed by atoms with E-state index in [0.29, 0.717) is 12.1 Å². The van der Waals surface area contributed by atoms with Gasteiger partial charge in [0.05, 0.1) is 17.1 Å². The quantitative estimate of drug-likeness (QED) is 0.809. The molecule has 0 fully saturated rings. The molecular weight excluding hydrogens is 304 g/mol. The summed E-state index contributed by atoms with van der Waals surface area (Å²) >= 11 is 3.47. The lowest BCUT2D eigenvalue weighted by Crippen LogP contribution is -2.01. The third-order valence-corrected chi connectivity index (χ3v) is 3.62. The molecule has 1 unspecified atom stereocenters. The number of halogens is 3. The first-order chi connectivity index (χ1) is 8.58. The Balaban J connectivity index is 2.16. The van der Waals surface area contributed by atoms with Gasteiger partial charge >= 0.3 is 0 Å². The fourth-order valence-electron chi connectivity index (χ4n) is 1.63. The molecule has 3 nitrogen and oxygen atoms in total. The van der Waals surface area contributed by atoms with Crippen molar-refractivity contribution in [1.82, 2.24) is 15.0 Å². The second-order valence-corrected chi connectivity index (χ2v) is 5.10. The number of hydrogen-bond acceptors (Lipinski definition) is 2. The van der Waals surface area contributed by atoms with Crippen LogP contribution in [0.3, 0.4) is 0 Å². The molecule has 0 aliphatic carbocycles. The molecule has 0 N–H and O–H groups in total. The van der Waals surface area contributed by atoms with Crippen LogP contribution in [0.25, 0.3) is 0 Å². The van der Waals surface area contributed by atoms with E-state index in [9.17, 15) is 8.78 Å². The number of alkyl halides is 1. The van der Waals surface area contributed by atoms with Gasteiger partial charge in [-0.1, -0.05) is 28.1 Å². The van der Waals surface area contributed by atoms with Crippen molar-refractivity contribution in [2.24, 2.45) is 0 Å². The molecule has 96 valence electrons. The molecule has 0 amide bonds. The molecule has 0 aliphatic rings. The average molecular weight is 316 g/mol. The first-order valence-electron chi connectivity index (χ1n) is 5.57. The SMILES string of the molecule is CCC(Br)c1cn(Cc2cc(F)cc(F)c2)nn1. The topological polar surface area (TPSA) is 30.7 Å². The summed E-state index contributed by atoms with van der Waals surface area (Å²) in [5, 5.41) is 7.94. The van der Waals surface area contributed by atoms with Crippen LogP contribution in [0.1, 0.15) is 29.4 Å². The third-order valence-electron chi connectivity index (χ3n) is 2.50. The maximum atomic E-state index is 13.0. The smallest absolute Gasteiger partial charge is 0.126 e. The zero-order valence-corrected chi connectivity index (χ0v) is 11.4. The van der Waals surface area contributed by atoms with Gasteiger partial charge in [0.25, 0.3) is 0 Å². The maximum absolute atomic E-state index is 13.0. The maximum Gasteiger partial charge on any atom is 0.126 e. The number of rotatable bonds is 4. The zero-order chi connectivity index (χ0) is 13.1. The van der Waals surface area contributed by atoms with Gasteiger partial charge in [-0.2, -0.15) is 0 Å². The minimum atomic E-state index is -0.586. The fraction of sp³-hybridized carbons (Fsp3) is 0.333. The van der Waals surface area contributed by atoms with Crippen LogP contribution in [0, 0.1) is 11.6 Å². The van der Waals surface area contributed by atoms with Crippen LogP contribution in [-0.2, 0) is 6.54 Å². The molecule has 18 heavy (non-hydrogen) atoms. The van der Waals surface area contributed by atoms with Gasteiger partial charge in [-0.15, -0.1) is 5.10 Å². The number of nitrogens with zero attached hydrogens (tertiary/aromatic N) is 3. The number of benzene rings is 1. The lowest BCUT2D eigenvalue weighted by Gasteiger charge is -2.02. The summed E-state index contributed by atoms with van der Waals surface area (Å²) in [4.78, 5) is 0.149. The molecule has 0 saturated heterocycles. The van der Waals surface area contributed by atoms with E-state index in [1.54, 1.807) is 10.9 Å². The summed E-state index contributed by atoms with van der Waals surface area (Å²) in [7, 11) is 0. The Morgan fingerprint density at radius 2 is 1.94 bits per heavy atom. The van der Waals surface area contributed by atoms with Crippen LogP contribution in [0.2, 0.25) is 0 Å². The highest BCUT2D eigenvalue weighted by molar-refractivity contribution is 9.09. The van der Waals surface area contributed by atoms with Crippen molar-refractivity contribution in [3.63, 3.8) is 0 Å². The Bertz CT molecular complexity index is 522. The Hall–Kier alpha value is -1.30. The van der Waals surface area contributed by atoms with Crippen LogP contribution in [0.4, 0.5) is 8.78 Å². The third kappa shape index (κ3) is 3.13. The molecule has 0 spiro atoms. The van der Waals surface area contributed by atoms with Gasteiger partial charge in [0, 0.05) is 12.3 Å². The minimum Gasteiger partial charge on any atom is -0.248 e. The first-order valence-corrected chi connectivity index (χ1v) is 6.49. The summed E-state index contributed by atoms with van der Waals surface area (Å²) in [5.74, 6) is -1.17. The minimum absolute atomic E-state index is 0.149. The molecule has 0 aliphatic heterocycles. The van der Waals surface area contributed by atoms with Crippen molar-refractivity contribution in [3.05, 3.63) is 47.3 Å². The van der Waals surface area contributed by atoms with Crippen molar-refractivity contribution in [3.8, 4) is 0 Å². The van der Waals surface area contributed by atoms with Crippen molar-refractivity contribution in [1.29, 1.82) is 0 Å². The molecule has 1 aromatic heterocycles. The van der Waals surface area contributed by atoms with E-state index < -0.39 is 11.6 Å². The molecule has 0 radical (unpaired) electrons. The largest absolute Gasteiger partial charge is 0.248 e. The van der Waals surface area contributed by atoms with E-state index in [0.717, 1.165) is 18.2 Å². The van der Waals surface area contributed by atoms with Gasteiger partial charge in [-0.05, 0) is 24.1 Å². The highest BCUT2D eigenvalue weighted by Crippen LogP contribution is 2.23. The predicted octanol–water partition coefficient (Wildman–Crippen LogP) is 3.45. The van der Waals surface area contributed by atoms with Gasteiger partial charge in [0.1, 0.15) is 11.6 Å². The number of aromatic nitrogens is 3. The van der Waals surface area contributed by atoms with Gasteiger partial charge in [0.15, 0.2) is 0 Å². The van der Waals surface area contributed by atoms with Gasteiger partial charge in [0.2, 0.25) is 0 Å². The van der Waals surface area contributed by atoms with E-state index in [1.165, 1.54) is 12.1 Å². The molecule has 1 heterocycles. The Morgan fingerprint density at radius 3 is 2.56 bits per heavy atom. The summed E-state index contributed by atoms with van der Waals surface area (Å²) in [6.45, 7) is 2.32. The van der Waals surface area contributed by atoms with Gasteiger partial charge in [-0.3, -0.25) is 0 Å². The number of hydrogen-bond donors (Lipinski definition) is 0. The van der Waals surface area contributed by atoms with Crippen LogP contribution >= 0.6 is 15.9 Å². The molecule has 1 atom stereocenters. The van der Waals surface area contributed by atoms with E-state index >= 15 is 0 Å². The predicted molar refractivity (Wildman–Crippen MR) is 67.4 cm³/mol. The van der Waals surface area contributed by atoms with Crippen LogP contribution < -0.4 is 0 Å². The van der Waals surface area contributed by atoms with E-state index in [2.05, 4.69) is 26.2 Å². The fourth-order valence-corrected chi connectivity index (χ4v) is 1.84. The molecule has 0 bridgehead atoms. The van der Waals surface area contributed by atoms with Crippen molar-refractivity contribution >= 4 is 15.9 Å². The summed E-state index contributed by atoms with van der Waals surface area (Å²) in [6, 6.07) is 3.42. The molecule has 2 aromatic rings. The molecule has 6 heteroatoms. The van der Waals surface area contributed by atoms with Gasteiger partial charge in [-0.25, -0.2) is 13.5 Å². The standard InChI is InChI=1S/C12H12BrF2N3/c1-2-11(13)12-7-18(17-16-12)6-8-3-9(14)5-10(15)4-8/h3-5,7,11H,2,6H2,1H3. The van der Waals surface area contributed by atoms with Crippen LogP contribution in [0.15, 0.2) is 24.4 Å². The highest BCUT2D eigenvalue weighted by atomic mass is 79.9. The van der Waals surface area contributed by atoms with E-state index in [1.807, 2.05) is 6.92 Å². The first kappa shape index (κ1) is 13.1. The van der Waals surface area contributed by atoms with Crippen LogP contribution in [0.5, 0.6) is 0 Å². The van der Waals surface area contributed by atoms with Gasteiger partial charge < -0.3 is 0 Å². The second-order valence-electron chi connectivity index (χ2n) is 3.99. The Labute approximate surface area is 112 Å². The normalized spacial score (nSPS) is 12.7. The van der Waals surface area contributed by atoms with Crippen molar-refractivity contribution in [2.75, 3.05) is 0 Å². The summed E-state index contributed by atoms with van der Waals surface area (Å²) in [6.07, 6.45) is 2.67. The molecular formula is C12H12BrF2N3. The lowest BCUT2D eigenvalue weighted by molar-refractivity contribution is 0.572. The monoisotopic (exact) mass is 315 g/mol. The average Bonchev–Trinajstić information content (AvgIpc) is 2.75. The molecule has 0 saturated carbocycles. The lowest BCUT2D eigenvalue weighted by atomic mass is 10.2. The molecule has 1 aromatic carbocycles. The van der Waals surface area contributed by atoms with E-state index in [4.69, 9.17) is 0 Å².